The van der Waals surface area contributed by atoms with Gasteiger partial charge < -0.3 is 14.7 Å². The zero-order chi connectivity index (χ0) is 15.0. The molecule has 2 unspecified atom stereocenters. The summed E-state index contributed by atoms with van der Waals surface area (Å²) in [7, 11) is 0. The van der Waals surface area contributed by atoms with E-state index in [2.05, 4.69) is 4.74 Å². The lowest BCUT2D eigenvalue weighted by molar-refractivity contribution is -0.250. The number of morpholine rings is 1. The first-order chi connectivity index (χ1) is 8.44. The number of ether oxygens (including phenoxy) is 1. The summed E-state index contributed by atoms with van der Waals surface area (Å²) >= 11 is 0. The Hall–Kier alpha value is -1.52. The minimum absolute atomic E-state index is 0.385. The van der Waals surface area contributed by atoms with Gasteiger partial charge in [-0.25, -0.2) is 4.79 Å². The summed E-state index contributed by atoms with van der Waals surface area (Å²) in [6.45, 7) is -2.68. The number of aliphatic carboxylic acids is 1. The Morgan fingerprint density at radius 2 is 1.68 bits per heavy atom. The Morgan fingerprint density at radius 1 is 1.16 bits per heavy atom. The van der Waals surface area contributed by atoms with E-state index in [4.69, 9.17) is 5.11 Å². The average Bonchev–Trinajstić information content (AvgIpc) is 2.24. The quantitative estimate of drug-likeness (QED) is 0.726. The molecule has 1 aliphatic rings. The molecule has 0 spiro atoms. The first kappa shape index (κ1) is 15.5. The van der Waals surface area contributed by atoms with E-state index in [0.717, 1.165) is 0 Å². The second-order valence-electron chi connectivity index (χ2n) is 3.67. The lowest BCUT2D eigenvalue weighted by Gasteiger charge is -2.38. The molecule has 0 saturated carbocycles. The molecule has 0 aromatic heterocycles. The normalized spacial score (nSPS) is 25.3. The number of halogens is 6. The molecule has 1 amide bonds. The number of hydrogen-bond donors (Lipinski definition) is 1. The third kappa shape index (κ3) is 3.49. The van der Waals surface area contributed by atoms with Gasteiger partial charge in [-0.3, -0.25) is 4.79 Å². The molecule has 1 aliphatic heterocycles. The van der Waals surface area contributed by atoms with Crippen LogP contribution in [0.3, 0.4) is 0 Å². The maximum absolute atomic E-state index is 12.3. The van der Waals surface area contributed by atoms with E-state index in [0.29, 0.717) is 0 Å². The van der Waals surface area contributed by atoms with Gasteiger partial charge in [0, 0.05) is 0 Å². The topological polar surface area (TPSA) is 66.8 Å². The maximum atomic E-state index is 12.3. The second kappa shape index (κ2) is 4.87. The third-order valence-corrected chi connectivity index (χ3v) is 2.35. The molecule has 0 radical (unpaired) electrons. The molecule has 1 N–H and O–H groups in total. The Balaban J connectivity index is 2.98. The number of hydrogen-bond acceptors (Lipinski definition) is 3. The first-order valence-electron chi connectivity index (χ1n) is 4.73. The van der Waals surface area contributed by atoms with Gasteiger partial charge in [0.2, 0.25) is 0 Å². The van der Waals surface area contributed by atoms with E-state index in [-0.39, 0.29) is 4.90 Å². The van der Waals surface area contributed by atoms with Gasteiger partial charge in [0.15, 0.2) is 12.1 Å². The van der Waals surface area contributed by atoms with E-state index in [1.54, 1.807) is 0 Å². The summed E-state index contributed by atoms with van der Waals surface area (Å²) in [6, 6.07) is -2.10. The predicted molar refractivity (Wildman–Crippen MR) is 45.0 cm³/mol. The molecule has 2 atom stereocenters. The van der Waals surface area contributed by atoms with Crippen molar-refractivity contribution in [1.29, 1.82) is 0 Å². The van der Waals surface area contributed by atoms with Crippen LogP contribution < -0.4 is 0 Å². The highest BCUT2D eigenvalue weighted by molar-refractivity contribution is 5.87. The molecule has 1 heterocycles. The average molecular weight is 295 g/mol. The molecule has 19 heavy (non-hydrogen) atoms. The van der Waals surface area contributed by atoms with Crippen LogP contribution in [0.5, 0.6) is 0 Å². The van der Waals surface area contributed by atoms with Gasteiger partial charge in [-0.15, -0.1) is 0 Å². The van der Waals surface area contributed by atoms with Gasteiger partial charge >= 0.3 is 24.2 Å². The van der Waals surface area contributed by atoms with Crippen molar-refractivity contribution in [3.8, 4) is 0 Å². The fraction of sp³-hybridized carbons (Fsp3) is 0.750. The minimum Gasteiger partial charge on any atom is -0.480 e. The summed E-state index contributed by atoms with van der Waals surface area (Å²) in [5.74, 6) is -4.52. The van der Waals surface area contributed by atoms with Gasteiger partial charge in [-0.05, 0) is 0 Å². The fourth-order valence-electron chi connectivity index (χ4n) is 1.45. The zero-order valence-electron chi connectivity index (χ0n) is 8.96. The van der Waals surface area contributed by atoms with Crippen molar-refractivity contribution >= 4 is 11.9 Å². The standard InChI is InChI=1S/C8H7F6NO4/c9-7(10,11)4-1-15(6(18)8(12,13)14)3(2-19-4)5(16)17/h3-4H,1-2H2,(H,16,17). The van der Waals surface area contributed by atoms with Crippen LogP contribution in [0.2, 0.25) is 0 Å². The van der Waals surface area contributed by atoms with Crippen LogP contribution in [-0.4, -0.2) is 59.5 Å². The molecule has 110 valence electrons. The van der Waals surface area contributed by atoms with Crippen molar-refractivity contribution in [2.24, 2.45) is 0 Å². The molecular weight excluding hydrogens is 288 g/mol. The van der Waals surface area contributed by atoms with Crippen LogP contribution in [0, 0.1) is 0 Å². The van der Waals surface area contributed by atoms with E-state index < -0.39 is 49.5 Å². The van der Waals surface area contributed by atoms with Crippen LogP contribution in [0.4, 0.5) is 26.3 Å². The van der Waals surface area contributed by atoms with Crippen molar-refractivity contribution in [3.63, 3.8) is 0 Å². The van der Waals surface area contributed by atoms with Crippen LogP contribution >= 0.6 is 0 Å². The number of carbonyl (C=O) groups is 2. The van der Waals surface area contributed by atoms with E-state index in [9.17, 15) is 35.9 Å². The van der Waals surface area contributed by atoms with Crippen molar-refractivity contribution < 1.29 is 45.8 Å². The Morgan fingerprint density at radius 3 is 2.05 bits per heavy atom. The summed E-state index contributed by atoms with van der Waals surface area (Å²) < 4.78 is 77.6. The summed E-state index contributed by atoms with van der Waals surface area (Å²) in [5, 5.41) is 8.59. The molecule has 0 bridgehead atoms. The number of carboxylic acids is 1. The molecular formula is C8H7F6NO4. The molecule has 1 saturated heterocycles. The number of alkyl halides is 6. The predicted octanol–water partition coefficient (Wildman–Crippen LogP) is 0.792. The number of carboxylic acid groups (broad SMARTS) is 1. The summed E-state index contributed by atoms with van der Waals surface area (Å²) in [5.41, 5.74) is 0. The van der Waals surface area contributed by atoms with E-state index in [1.807, 2.05) is 0 Å². The van der Waals surface area contributed by atoms with Crippen LogP contribution in [0.15, 0.2) is 0 Å². The van der Waals surface area contributed by atoms with Crippen molar-refractivity contribution in [1.82, 2.24) is 4.90 Å². The largest absolute Gasteiger partial charge is 0.480 e. The molecule has 0 aromatic carbocycles. The van der Waals surface area contributed by atoms with Gasteiger partial charge in [0.25, 0.3) is 0 Å². The van der Waals surface area contributed by atoms with Crippen molar-refractivity contribution in [2.75, 3.05) is 13.2 Å². The van der Waals surface area contributed by atoms with Crippen LogP contribution in [0.1, 0.15) is 0 Å². The van der Waals surface area contributed by atoms with Crippen LogP contribution in [-0.2, 0) is 14.3 Å². The minimum atomic E-state index is -5.46. The molecule has 11 heteroatoms. The maximum Gasteiger partial charge on any atom is 0.471 e. The fourth-order valence-corrected chi connectivity index (χ4v) is 1.45. The molecule has 5 nitrogen and oxygen atoms in total. The van der Waals surface area contributed by atoms with Crippen molar-refractivity contribution in [3.05, 3.63) is 0 Å². The smallest absolute Gasteiger partial charge is 0.471 e. The van der Waals surface area contributed by atoms with Gasteiger partial charge in [0.1, 0.15) is 0 Å². The van der Waals surface area contributed by atoms with Gasteiger partial charge in [-0.1, -0.05) is 0 Å². The number of carbonyl (C=O) groups excluding carboxylic acids is 1. The SMILES string of the molecule is O=C(O)C1COC(C(F)(F)F)CN1C(=O)C(F)(F)F. The van der Waals surface area contributed by atoms with E-state index in [1.165, 1.54) is 0 Å². The third-order valence-electron chi connectivity index (χ3n) is 2.35. The lowest BCUT2D eigenvalue weighted by atomic mass is 10.1. The molecule has 1 fully saturated rings. The highest BCUT2D eigenvalue weighted by atomic mass is 19.4. The zero-order valence-corrected chi connectivity index (χ0v) is 8.96. The highest BCUT2D eigenvalue weighted by Gasteiger charge is 2.53. The monoisotopic (exact) mass is 295 g/mol. The Kier molecular flexibility index (Phi) is 3.98. The number of amides is 1. The summed E-state index contributed by atoms with van der Waals surface area (Å²) in [6.07, 6.45) is -13.1. The number of nitrogens with zero attached hydrogens (tertiary/aromatic N) is 1. The first-order valence-corrected chi connectivity index (χ1v) is 4.73. The van der Waals surface area contributed by atoms with Gasteiger partial charge in [-0.2, -0.15) is 26.3 Å². The Bertz CT molecular complexity index is 378. The molecule has 1 rings (SSSR count). The summed E-state index contributed by atoms with van der Waals surface area (Å²) in [4.78, 5) is 21.2. The second-order valence-corrected chi connectivity index (χ2v) is 3.67. The number of rotatable bonds is 1. The van der Waals surface area contributed by atoms with Crippen LogP contribution in [0.25, 0.3) is 0 Å². The van der Waals surface area contributed by atoms with Crippen molar-refractivity contribution in [2.45, 2.75) is 24.5 Å². The van der Waals surface area contributed by atoms with Gasteiger partial charge in [0.05, 0.1) is 13.2 Å². The molecule has 0 aromatic rings. The van der Waals surface area contributed by atoms with E-state index >= 15 is 0 Å². The lowest BCUT2D eigenvalue weighted by Crippen LogP contribution is -2.61. The molecule has 0 aliphatic carbocycles. The highest BCUT2D eigenvalue weighted by Crippen LogP contribution is 2.30. The Labute approximate surface area is 101 Å².